The van der Waals surface area contributed by atoms with Crippen LogP contribution in [0, 0.1) is 17.8 Å². The van der Waals surface area contributed by atoms with Crippen molar-refractivity contribution in [3.63, 3.8) is 0 Å². The van der Waals surface area contributed by atoms with E-state index in [0.717, 1.165) is 11.8 Å². The first-order valence-corrected chi connectivity index (χ1v) is 9.96. The second-order valence-corrected chi connectivity index (χ2v) is 8.02. The van der Waals surface area contributed by atoms with Gasteiger partial charge in [0.05, 0.1) is 0 Å². The fourth-order valence-electron chi connectivity index (χ4n) is 4.75. The van der Waals surface area contributed by atoms with Crippen molar-refractivity contribution in [1.29, 1.82) is 0 Å². The van der Waals surface area contributed by atoms with Gasteiger partial charge in [0.25, 0.3) is 0 Å². The molecule has 0 aromatic heterocycles. The lowest BCUT2D eigenvalue weighted by Crippen LogP contribution is -2.33. The monoisotopic (exact) mass is 301 g/mol. The summed E-state index contributed by atoms with van der Waals surface area (Å²) in [6.07, 6.45) is 25.9. The van der Waals surface area contributed by atoms with Crippen LogP contribution in [0.15, 0.2) is 23.8 Å². The van der Waals surface area contributed by atoms with Gasteiger partial charge in [-0.15, -0.1) is 0 Å². The Hall–Kier alpha value is -0.560. The number of hydrogen-bond donors (Lipinski definition) is 1. The molecule has 1 nitrogen and oxygen atoms in total. The second kappa shape index (κ2) is 8.34. The molecule has 2 N–H and O–H groups in total. The van der Waals surface area contributed by atoms with Crippen LogP contribution >= 0.6 is 0 Å². The van der Waals surface area contributed by atoms with E-state index in [1.54, 1.807) is 5.57 Å². The molecule has 1 heteroatoms. The Labute approximate surface area is 137 Å². The maximum absolute atomic E-state index is 6.07. The Morgan fingerprint density at radius 1 is 0.818 bits per heavy atom. The van der Waals surface area contributed by atoms with Gasteiger partial charge >= 0.3 is 0 Å². The van der Waals surface area contributed by atoms with Gasteiger partial charge in [-0.3, -0.25) is 0 Å². The van der Waals surface area contributed by atoms with Crippen molar-refractivity contribution in [2.45, 2.75) is 89.5 Å². The van der Waals surface area contributed by atoms with Crippen molar-refractivity contribution < 1.29 is 0 Å². The van der Waals surface area contributed by atoms with Crippen LogP contribution in [0.25, 0.3) is 0 Å². The lowest BCUT2D eigenvalue weighted by molar-refractivity contribution is 0.287. The van der Waals surface area contributed by atoms with Crippen molar-refractivity contribution >= 4 is 0 Å². The molecule has 0 radical (unpaired) electrons. The number of rotatable bonds is 3. The standard InChI is InChI=1S/C21H35N/c22-21-14-13-20(21)16-17-9-8-12-19(15-17)18-10-6-4-2-1-3-5-7-11-18/h13-15,18-21H,1-12,16,22H2. The van der Waals surface area contributed by atoms with Gasteiger partial charge in [-0.2, -0.15) is 0 Å². The van der Waals surface area contributed by atoms with E-state index in [0.29, 0.717) is 12.0 Å². The minimum atomic E-state index is 0.329. The molecular weight excluding hydrogens is 266 g/mol. The molecule has 3 aliphatic carbocycles. The summed E-state index contributed by atoms with van der Waals surface area (Å²) in [5, 5.41) is 0. The summed E-state index contributed by atoms with van der Waals surface area (Å²) < 4.78 is 0. The predicted molar refractivity (Wildman–Crippen MR) is 95.7 cm³/mol. The quantitative estimate of drug-likeness (QED) is 0.659. The van der Waals surface area contributed by atoms with Crippen molar-refractivity contribution in [3.8, 4) is 0 Å². The van der Waals surface area contributed by atoms with E-state index < -0.39 is 0 Å². The highest BCUT2D eigenvalue weighted by molar-refractivity contribution is 5.19. The minimum absolute atomic E-state index is 0.329. The van der Waals surface area contributed by atoms with Gasteiger partial charge in [0.2, 0.25) is 0 Å². The van der Waals surface area contributed by atoms with Crippen LogP contribution in [0.3, 0.4) is 0 Å². The molecule has 3 unspecified atom stereocenters. The van der Waals surface area contributed by atoms with E-state index in [4.69, 9.17) is 5.73 Å². The highest BCUT2D eigenvalue weighted by Gasteiger charge is 2.26. The van der Waals surface area contributed by atoms with E-state index in [-0.39, 0.29) is 0 Å². The molecule has 0 aromatic rings. The lowest BCUT2D eigenvalue weighted by Gasteiger charge is -2.32. The van der Waals surface area contributed by atoms with E-state index in [1.165, 1.54) is 83.5 Å². The summed E-state index contributed by atoms with van der Waals surface area (Å²) in [5.41, 5.74) is 7.79. The van der Waals surface area contributed by atoms with Crippen LogP contribution in [0.1, 0.15) is 83.5 Å². The molecule has 0 bridgehead atoms. The van der Waals surface area contributed by atoms with Crippen molar-refractivity contribution in [2.75, 3.05) is 0 Å². The summed E-state index contributed by atoms with van der Waals surface area (Å²) in [7, 11) is 0. The second-order valence-electron chi connectivity index (χ2n) is 8.02. The maximum atomic E-state index is 6.07. The molecule has 3 rings (SSSR count). The van der Waals surface area contributed by atoms with E-state index in [9.17, 15) is 0 Å². The Morgan fingerprint density at radius 2 is 1.50 bits per heavy atom. The van der Waals surface area contributed by atoms with Crippen molar-refractivity contribution in [1.82, 2.24) is 0 Å². The normalized spacial score (nSPS) is 34.8. The molecule has 1 fully saturated rings. The van der Waals surface area contributed by atoms with Gasteiger partial charge in [0.15, 0.2) is 0 Å². The molecule has 124 valence electrons. The molecule has 0 saturated heterocycles. The van der Waals surface area contributed by atoms with E-state index in [1.807, 2.05) is 0 Å². The molecular formula is C21H35N. The summed E-state index contributed by atoms with van der Waals surface area (Å²) in [4.78, 5) is 0. The van der Waals surface area contributed by atoms with Gasteiger partial charge < -0.3 is 5.73 Å². The zero-order chi connectivity index (χ0) is 15.2. The molecule has 0 spiro atoms. The third kappa shape index (κ3) is 4.47. The van der Waals surface area contributed by atoms with Crippen LogP contribution in [0.5, 0.6) is 0 Å². The topological polar surface area (TPSA) is 26.0 Å². The first kappa shape index (κ1) is 16.3. The molecule has 0 aliphatic heterocycles. The molecule has 0 amide bonds. The molecule has 3 atom stereocenters. The molecule has 1 saturated carbocycles. The van der Waals surface area contributed by atoms with E-state index in [2.05, 4.69) is 18.2 Å². The average molecular weight is 302 g/mol. The summed E-state index contributed by atoms with van der Waals surface area (Å²) >= 11 is 0. The van der Waals surface area contributed by atoms with Crippen LogP contribution < -0.4 is 5.73 Å². The van der Waals surface area contributed by atoms with Gasteiger partial charge in [0.1, 0.15) is 0 Å². The third-order valence-electron chi connectivity index (χ3n) is 6.31. The molecule has 22 heavy (non-hydrogen) atoms. The van der Waals surface area contributed by atoms with Crippen LogP contribution in [0.2, 0.25) is 0 Å². The summed E-state index contributed by atoms with van der Waals surface area (Å²) in [5.74, 6) is 2.48. The minimum Gasteiger partial charge on any atom is -0.324 e. The fraction of sp³-hybridized carbons (Fsp3) is 0.810. The van der Waals surface area contributed by atoms with Crippen LogP contribution in [-0.2, 0) is 0 Å². The number of nitrogens with two attached hydrogens (primary N) is 1. The Bertz CT molecular complexity index is 385. The van der Waals surface area contributed by atoms with Crippen LogP contribution in [-0.4, -0.2) is 6.04 Å². The Balaban J connectivity index is 1.57. The highest BCUT2D eigenvalue weighted by Crippen LogP contribution is 2.37. The van der Waals surface area contributed by atoms with E-state index >= 15 is 0 Å². The molecule has 0 aromatic carbocycles. The first-order valence-electron chi connectivity index (χ1n) is 9.96. The zero-order valence-corrected chi connectivity index (χ0v) is 14.3. The van der Waals surface area contributed by atoms with Gasteiger partial charge in [0, 0.05) is 6.04 Å². The zero-order valence-electron chi connectivity index (χ0n) is 14.3. The third-order valence-corrected chi connectivity index (χ3v) is 6.31. The van der Waals surface area contributed by atoms with Gasteiger partial charge in [-0.05, 0) is 56.3 Å². The van der Waals surface area contributed by atoms with Gasteiger partial charge in [-0.25, -0.2) is 0 Å². The van der Waals surface area contributed by atoms with Gasteiger partial charge in [-0.1, -0.05) is 68.7 Å². The summed E-state index contributed by atoms with van der Waals surface area (Å²) in [6, 6.07) is 0.329. The fourth-order valence-corrected chi connectivity index (χ4v) is 4.75. The Morgan fingerprint density at radius 3 is 2.09 bits per heavy atom. The summed E-state index contributed by atoms with van der Waals surface area (Å²) in [6.45, 7) is 0. The van der Waals surface area contributed by atoms with Crippen molar-refractivity contribution in [3.05, 3.63) is 23.8 Å². The smallest absolute Gasteiger partial charge is 0.0290 e. The highest BCUT2D eigenvalue weighted by atomic mass is 14.7. The molecule has 0 heterocycles. The van der Waals surface area contributed by atoms with Crippen LogP contribution in [0.4, 0.5) is 0 Å². The SMILES string of the molecule is NC1C=CC1CC1=CC(C2CCCCCCCCC2)CCC1. The number of hydrogen-bond acceptors (Lipinski definition) is 1. The Kier molecular flexibility index (Phi) is 6.18. The average Bonchev–Trinajstić information content (AvgIpc) is 2.56. The van der Waals surface area contributed by atoms with Crippen molar-refractivity contribution in [2.24, 2.45) is 23.5 Å². The molecule has 3 aliphatic rings. The predicted octanol–water partition coefficient (Wildman–Crippen LogP) is 5.76. The largest absolute Gasteiger partial charge is 0.324 e. The maximum Gasteiger partial charge on any atom is 0.0290 e. The number of allylic oxidation sites excluding steroid dienone is 2. The first-order chi connectivity index (χ1) is 10.8. The lowest BCUT2D eigenvalue weighted by atomic mass is 9.74.